The number of carbonyl (C=O) groups excluding carboxylic acids is 2. The number of nitrogen functional groups attached to an aromatic ring is 1. The molecule has 0 radical (unpaired) electrons. The maximum absolute atomic E-state index is 12.5. The number of halogens is 1. The number of carbonyl (C=O) groups is 2. The van der Waals surface area contributed by atoms with Gasteiger partial charge < -0.3 is 20.5 Å². The second-order valence-corrected chi connectivity index (χ2v) is 7.12. The smallest absolute Gasteiger partial charge is 0.308 e. The van der Waals surface area contributed by atoms with Crippen molar-refractivity contribution in [3.8, 4) is 5.75 Å². The Morgan fingerprint density at radius 1 is 1.31 bits per heavy atom. The van der Waals surface area contributed by atoms with Crippen LogP contribution in [0.1, 0.15) is 47.7 Å². The van der Waals surface area contributed by atoms with Gasteiger partial charge in [-0.25, -0.2) is 0 Å². The molecule has 0 saturated heterocycles. The third kappa shape index (κ3) is 5.06. The third-order valence-corrected chi connectivity index (χ3v) is 4.78. The number of nitrogens with two attached hydrogens (primary N) is 1. The molecule has 0 saturated carbocycles. The lowest BCUT2D eigenvalue weighted by molar-refractivity contribution is -0.165. The zero-order valence-corrected chi connectivity index (χ0v) is 16.7. The van der Waals surface area contributed by atoms with Crippen molar-refractivity contribution >= 4 is 35.0 Å². The Labute approximate surface area is 173 Å². The van der Waals surface area contributed by atoms with E-state index in [4.69, 9.17) is 32.2 Å². The largest absolute Gasteiger partial charge is 0.454 e. The molecule has 1 unspecified atom stereocenters. The van der Waals surface area contributed by atoms with E-state index in [9.17, 15) is 9.59 Å². The highest BCUT2D eigenvalue weighted by Crippen LogP contribution is 2.31. The Balaban J connectivity index is 1.67. The first-order chi connectivity index (χ1) is 13.9. The van der Waals surface area contributed by atoms with Gasteiger partial charge in [-0.05, 0) is 48.7 Å². The summed E-state index contributed by atoms with van der Waals surface area (Å²) in [7, 11) is 0. The Bertz CT molecular complexity index is 961. The number of benzene rings is 2. The molecule has 0 aromatic heterocycles. The van der Waals surface area contributed by atoms with Gasteiger partial charge in [-0.15, -0.1) is 0 Å². The number of amidine groups is 1. The van der Waals surface area contributed by atoms with Gasteiger partial charge in [-0.1, -0.05) is 24.6 Å². The number of anilines is 1. The van der Waals surface area contributed by atoms with E-state index in [0.717, 1.165) is 12.0 Å². The van der Waals surface area contributed by atoms with Gasteiger partial charge >= 0.3 is 5.97 Å². The van der Waals surface area contributed by atoms with Crippen molar-refractivity contribution in [2.45, 2.75) is 38.9 Å². The molecule has 29 heavy (non-hydrogen) atoms. The molecular weight excluding hydrogens is 394 g/mol. The minimum absolute atomic E-state index is 0.118. The van der Waals surface area contributed by atoms with Gasteiger partial charge in [-0.2, -0.15) is 0 Å². The Hall–Kier alpha value is -3.06. The van der Waals surface area contributed by atoms with Crippen molar-refractivity contribution in [2.75, 3.05) is 5.32 Å². The average molecular weight is 416 g/mol. The van der Waals surface area contributed by atoms with E-state index in [1.54, 1.807) is 18.2 Å². The first kappa shape index (κ1) is 20.7. The van der Waals surface area contributed by atoms with Gasteiger partial charge in [0, 0.05) is 24.1 Å². The highest BCUT2D eigenvalue weighted by molar-refractivity contribution is 6.34. The molecule has 1 aliphatic rings. The molecule has 4 N–H and O–H groups in total. The van der Waals surface area contributed by atoms with Gasteiger partial charge in [0.1, 0.15) is 11.6 Å². The maximum Gasteiger partial charge on any atom is 0.308 e. The van der Waals surface area contributed by atoms with Gasteiger partial charge in [-0.3, -0.25) is 15.0 Å². The van der Waals surface area contributed by atoms with E-state index in [2.05, 4.69) is 5.32 Å². The molecule has 8 heteroatoms. The van der Waals surface area contributed by atoms with Crippen molar-refractivity contribution in [1.82, 2.24) is 0 Å². The summed E-state index contributed by atoms with van der Waals surface area (Å²) in [4.78, 5) is 24.2. The third-order valence-electron chi connectivity index (χ3n) is 4.47. The summed E-state index contributed by atoms with van der Waals surface area (Å²) in [5.74, 6) is -0.120. The number of hydrogen-bond donors (Lipinski definition) is 3. The molecule has 0 aliphatic carbocycles. The van der Waals surface area contributed by atoms with Crippen LogP contribution in [0.25, 0.3) is 0 Å². The van der Waals surface area contributed by atoms with Crippen LogP contribution in [0.2, 0.25) is 5.02 Å². The number of rotatable bonds is 6. The van der Waals surface area contributed by atoms with E-state index in [1.165, 1.54) is 12.1 Å². The molecule has 0 bridgehead atoms. The first-order valence-electron chi connectivity index (χ1n) is 9.31. The molecule has 0 spiro atoms. The van der Waals surface area contributed by atoms with Crippen LogP contribution in [0.5, 0.6) is 5.75 Å². The molecule has 152 valence electrons. The van der Waals surface area contributed by atoms with Crippen LogP contribution in [0.3, 0.4) is 0 Å². The quantitative estimate of drug-likeness (QED) is 0.376. The van der Waals surface area contributed by atoms with E-state index < -0.39 is 6.29 Å². The van der Waals surface area contributed by atoms with E-state index in [-0.39, 0.29) is 28.3 Å². The summed E-state index contributed by atoms with van der Waals surface area (Å²) in [5, 5.41) is 10.5. The van der Waals surface area contributed by atoms with Crippen molar-refractivity contribution in [3.05, 3.63) is 58.1 Å². The summed E-state index contributed by atoms with van der Waals surface area (Å²) in [6.45, 7) is 1.92. The second kappa shape index (κ2) is 8.96. The van der Waals surface area contributed by atoms with Crippen LogP contribution in [0, 0.1) is 5.41 Å². The lowest BCUT2D eigenvalue weighted by Crippen LogP contribution is -2.28. The van der Waals surface area contributed by atoms with Crippen LogP contribution in [0.15, 0.2) is 36.4 Å². The molecule has 0 fully saturated rings. The summed E-state index contributed by atoms with van der Waals surface area (Å²) in [5.41, 5.74) is 7.69. The Kier molecular flexibility index (Phi) is 6.39. The van der Waals surface area contributed by atoms with Crippen molar-refractivity contribution < 1.29 is 19.1 Å². The number of hydrogen-bond acceptors (Lipinski definition) is 5. The molecule has 1 atom stereocenters. The standard InChI is InChI=1S/C21H22ClN3O4/c1-2-3-18(26)29-19-9-5-12-10-14(6-8-17(12)28-19)25-21(27)15-7-4-13(20(23)24)11-16(15)22/h4,6-8,10-11,19H,2-3,5,9H2,1H3,(H3,23,24)(H,25,27). The molecule has 1 heterocycles. The number of esters is 1. The summed E-state index contributed by atoms with van der Waals surface area (Å²) < 4.78 is 11.1. The molecule has 1 aliphatic heterocycles. The van der Waals surface area contributed by atoms with Crippen LogP contribution < -0.4 is 15.8 Å². The topological polar surface area (TPSA) is 114 Å². The highest BCUT2D eigenvalue weighted by atomic mass is 35.5. The zero-order chi connectivity index (χ0) is 21.0. The Morgan fingerprint density at radius 2 is 2.10 bits per heavy atom. The highest BCUT2D eigenvalue weighted by Gasteiger charge is 2.23. The fraction of sp³-hybridized carbons (Fsp3) is 0.286. The number of nitrogens with one attached hydrogen (secondary N) is 2. The summed E-state index contributed by atoms with van der Waals surface area (Å²) in [6, 6.07) is 9.87. The number of aryl methyl sites for hydroxylation is 1. The first-order valence-corrected chi connectivity index (χ1v) is 9.69. The van der Waals surface area contributed by atoms with E-state index in [0.29, 0.717) is 36.3 Å². The molecule has 1 amide bonds. The van der Waals surface area contributed by atoms with Gasteiger partial charge in [0.25, 0.3) is 5.91 Å². The summed E-state index contributed by atoms with van der Waals surface area (Å²) in [6.07, 6.45) is 1.73. The predicted molar refractivity (Wildman–Crippen MR) is 111 cm³/mol. The van der Waals surface area contributed by atoms with Crippen LogP contribution in [-0.2, 0) is 16.0 Å². The number of amides is 1. The van der Waals surface area contributed by atoms with E-state index >= 15 is 0 Å². The lowest BCUT2D eigenvalue weighted by atomic mass is 10.0. The number of ether oxygens (including phenoxy) is 2. The van der Waals surface area contributed by atoms with Crippen molar-refractivity contribution in [3.63, 3.8) is 0 Å². The molecule has 2 aromatic rings. The van der Waals surface area contributed by atoms with Crippen molar-refractivity contribution in [2.24, 2.45) is 5.73 Å². The lowest BCUT2D eigenvalue weighted by Gasteiger charge is -2.26. The SMILES string of the molecule is CCCC(=O)OC1CCc2cc(NC(=O)c3ccc(C(=N)N)cc3Cl)ccc2O1. The minimum atomic E-state index is -0.583. The Morgan fingerprint density at radius 3 is 2.79 bits per heavy atom. The van der Waals surface area contributed by atoms with Gasteiger partial charge in [0.05, 0.1) is 10.6 Å². The monoisotopic (exact) mass is 415 g/mol. The predicted octanol–water partition coefficient (Wildman–Crippen LogP) is 3.87. The maximum atomic E-state index is 12.5. The van der Waals surface area contributed by atoms with Crippen LogP contribution >= 0.6 is 11.6 Å². The molecular formula is C21H22ClN3O4. The van der Waals surface area contributed by atoms with Gasteiger partial charge in [0.15, 0.2) is 0 Å². The second-order valence-electron chi connectivity index (χ2n) is 6.71. The normalized spacial score (nSPS) is 15.0. The van der Waals surface area contributed by atoms with Crippen molar-refractivity contribution in [1.29, 1.82) is 5.41 Å². The fourth-order valence-corrected chi connectivity index (χ4v) is 3.27. The van der Waals surface area contributed by atoms with E-state index in [1.807, 2.05) is 13.0 Å². The van der Waals surface area contributed by atoms with Crippen LogP contribution in [-0.4, -0.2) is 24.0 Å². The van der Waals surface area contributed by atoms with Gasteiger partial charge in [0.2, 0.25) is 6.29 Å². The summed E-state index contributed by atoms with van der Waals surface area (Å²) >= 11 is 6.16. The zero-order valence-electron chi connectivity index (χ0n) is 16.0. The molecule has 2 aromatic carbocycles. The molecule has 3 rings (SSSR count). The van der Waals surface area contributed by atoms with Crippen LogP contribution in [0.4, 0.5) is 5.69 Å². The fourth-order valence-electron chi connectivity index (χ4n) is 3.00. The molecule has 7 nitrogen and oxygen atoms in total. The number of fused-ring (bicyclic) bond motifs is 1. The average Bonchev–Trinajstić information content (AvgIpc) is 2.68. The minimum Gasteiger partial charge on any atom is -0.454 e.